The molecule has 3 heterocycles. The summed E-state index contributed by atoms with van der Waals surface area (Å²) >= 11 is 6.43. The minimum absolute atomic E-state index is 0.217. The summed E-state index contributed by atoms with van der Waals surface area (Å²) in [6.45, 7) is 1.23. The first-order chi connectivity index (χ1) is 12.2. The summed E-state index contributed by atoms with van der Waals surface area (Å²) in [5.74, 6) is 0.914. The van der Waals surface area contributed by atoms with Crippen molar-refractivity contribution in [3.8, 4) is 11.5 Å². The first-order valence-corrected chi connectivity index (χ1v) is 8.43. The molecule has 0 spiro atoms. The van der Waals surface area contributed by atoms with Crippen LogP contribution in [0.5, 0.6) is 11.5 Å². The molecule has 4 rings (SSSR count). The maximum absolute atomic E-state index is 12.2. The van der Waals surface area contributed by atoms with Crippen molar-refractivity contribution in [1.82, 2.24) is 5.32 Å². The van der Waals surface area contributed by atoms with Gasteiger partial charge in [-0.1, -0.05) is 11.6 Å². The number of methoxy groups -OCH3 is 1. The fraction of sp³-hybridized carbons (Fsp3) is 0.412. The smallest absolute Gasteiger partial charge is 0.258 e. The van der Waals surface area contributed by atoms with Gasteiger partial charge in [0.05, 0.1) is 6.61 Å². The lowest BCUT2D eigenvalue weighted by molar-refractivity contribution is -0.117. The molecule has 3 aliphatic heterocycles. The van der Waals surface area contributed by atoms with Crippen molar-refractivity contribution in [2.45, 2.75) is 25.3 Å². The Morgan fingerprint density at radius 2 is 2.16 bits per heavy atom. The number of epoxide rings is 1. The zero-order chi connectivity index (χ0) is 17.4. The third-order valence-corrected chi connectivity index (χ3v) is 4.41. The van der Waals surface area contributed by atoms with Crippen molar-refractivity contribution >= 4 is 29.5 Å². The Balaban J connectivity index is 1.55. The first-order valence-electron chi connectivity index (χ1n) is 8.05. The summed E-state index contributed by atoms with van der Waals surface area (Å²) in [5.41, 5.74) is 1.07. The van der Waals surface area contributed by atoms with Crippen LogP contribution in [-0.4, -0.2) is 44.6 Å². The summed E-state index contributed by atoms with van der Waals surface area (Å²) in [7, 11) is 1.67. The second-order valence-electron chi connectivity index (χ2n) is 5.86. The van der Waals surface area contributed by atoms with Crippen LogP contribution in [0.4, 0.5) is 0 Å². The predicted octanol–water partition coefficient (Wildman–Crippen LogP) is 2.13. The number of fused-ring (bicyclic) bond motifs is 3. The lowest BCUT2D eigenvalue weighted by Crippen LogP contribution is -2.31. The number of ether oxygens (including phenoxy) is 4. The fourth-order valence-electron chi connectivity index (χ4n) is 2.67. The van der Waals surface area contributed by atoms with Gasteiger partial charge < -0.3 is 24.3 Å². The first kappa shape index (κ1) is 16.4. The number of benzene rings is 1. The molecule has 8 heteroatoms. The fourth-order valence-corrected chi connectivity index (χ4v) is 2.94. The molecular weight excluding hydrogens is 348 g/mol. The van der Waals surface area contributed by atoms with Crippen LogP contribution in [0.2, 0.25) is 5.02 Å². The van der Waals surface area contributed by atoms with Gasteiger partial charge in [-0.25, -0.2) is 4.99 Å². The Kier molecular flexibility index (Phi) is 4.37. The highest BCUT2D eigenvalue weighted by Crippen LogP contribution is 2.41. The number of carbonyl (C=O) groups excluding carboxylic acids is 1. The van der Waals surface area contributed by atoms with Gasteiger partial charge in [0, 0.05) is 19.3 Å². The number of nitrogens with zero attached hydrogens (tertiary/aromatic N) is 1. The van der Waals surface area contributed by atoms with Gasteiger partial charge in [-0.05, 0) is 31.1 Å². The van der Waals surface area contributed by atoms with Gasteiger partial charge in [0.15, 0.2) is 18.2 Å². The molecule has 0 saturated carbocycles. The van der Waals surface area contributed by atoms with Gasteiger partial charge in [0.2, 0.25) is 5.90 Å². The van der Waals surface area contributed by atoms with E-state index < -0.39 is 6.23 Å². The number of rotatable bonds is 6. The van der Waals surface area contributed by atoms with Crippen LogP contribution in [0.1, 0.15) is 18.4 Å². The van der Waals surface area contributed by atoms with Crippen molar-refractivity contribution < 1.29 is 23.7 Å². The minimum Gasteiger partial charge on any atom is -0.492 e. The number of halogens is 1. The highest BCUT2D eigenvalue weighted by molar-refractivity contribution is 6.35. The topological polar surface area (TPSA) is 81.7 Å². The number of unbranched alkanes of at least 4 members (excludes halogenated alkanes) is 1. The number of hydrogen-bond acceptors (Lipinski definition) is 6. The summed E-state index contributed by atoms with van der Waals surface area (Å²) in [6.07, 6.45) is 2.71. The molecule has 2 unspecified atom stereocenters. The molecule has 0 aliphatic carbocycles. The average molecular weight is 365 g/mol. The molecule has 0 radical (unpaired) electrons. The van der Waals surface area contributed by atoms with Crippen LogP contribution in [0, 0.1) is 0 Å². The molecule has 0 aromatic heterocycles. The van der Waals surface area contributed by atoms with Gasteiger partial charge in [-0.2, -0.15) is 0 Å². The lowest BCUT2D eigenvalue weighted by Gasteiger charge is -2.20. The van der Waals surface area contributed by atoms with Gasteiger partial charge in [-0.3, -0.25) is 4.79 Å². The summed E-state index contributed by atoms with van der Waals surface area (Å²) in [6, 6.07) is 3.58. The summed E-state index contributed by atoms with van der Waals surface area (Å²) in [5, 5.41) is 3.09. The van der Waals surface area contributed by atoms with Crippen LogP contribution < -0.4 is 14.8 Å². The molecule has 2 atom stereocenters. The third-order valence-electron chi connectivity index (χ3n) is 4.05. The van der Waals surface area contributed by atoms with E-state index in [1.165, 1.54) is 0 Å². The number of amides is 1. The van der Waals surface area contributed by atoms with E-state index in [4.69, 9.17) is 30.5 Å². The van der Waals surface area contributed by atoms with Crippen LogP contribution in [0.25, 0.3) is 6.08 Å². The van der Waals surface area contributed by atoms with Gasteiger partial charge in [0.1, 0.15) is 16.3 Å². The van der Waals surface area contributed by atoms with Crippen molar-refractivity contribution in [1.29, 1.82) is 0 Å². The van der Waals surface area contributed by atoms with Gasteiger partial charge >= 0.3 is 0 Å². The molecule has 1 fully saturated rings. The molecule has 3 aliphatic rings. The SMILES string of the molecule is COCCCCOc1ccc2c(c1Cl)OC1=NC3OC3NC(=O)C1=C2. The Hall–Kier alpha value is -2.09. The van der Waals surface area contributed by atoms with E-state index in [0.29, 0.717) is 40.9 Å². The number of hydrogen-bond donors (Lipinski definition) is 1. The van der Waals surface area contributed by atoms with Crippen LogP contribution in [0.3, 0.4) is 0 Å². The zero-order valence-electron chi connectivity index (χ0n) is 13.6. The number of carbonyl (C=O) groups is 1. The molecule has 1 saturated heterocycles. The molecule has 1 aromatic rings. The van der Waals surface area contributed by atoms with Crippen LogP contribution in [0.15, 0.2) is 22.7 Å². The largest absolute Gasteiger partial charge is 0.492 e. The molecule has 25 heavy (non-hydrogen) atoms. The average Bonchev–Trinajstić information content (AvgIpc) is 3.34. The van der Waals surface area contributed by atoms with E-state index >= 15 is 0 Å². The van der Waals surface area contributed by atoms with Crippen molar-refractivity contribution in [2.24, 2.45) is 4.99 Å². The number of nitrogens with one attached hydrogen (secondary N) is 1. The van der Waals surface area contributed by atoms with Gasteiger partial charge in [0.25, 0.3) is 5.91 Å². The lowest BCUT2D eigenvalue weighted by atomic mass is 10.1. The molecule has 7 nitrogen and oxygen atoms in total. The van der Waals surface area contributed by atoms with Crippen molar-refractivity contribution in [3.63, 3.8) is 0 Å². The van der Waals surface area contributed by atoms with Gasteiger partial charge in [-0.15, -0.1) is 0 Å². The third kappa shape index (κ3) is 3.22. The minimum atomic E-state index is -0.398. The van der Waals surface area contributed by atoms with Crippen LogP contribution >= 0.6 is 11.6 Å². The van der Waals surface area contributed by atoms with E-state index in [9.17, 15) is 4.79 Å². The van der Waals surface area contributed by atoms with Crippen molar-refractivity contribution in [2.75, 3.05) is 20.3 Å². The summed E-state index contributed by atoms with van der Waals surface area (Å²) < 4.78 is 21.8. The Bertz CT molecular complexity index is 777. The molecule has 1 amide bonds. The van der Waals surface area contributed by atoms with Crippen LogP contribution in [-0.2, 0) is 14.3 Å². The second kappa shape index (κ2) is 6.67. The van der Waals surface area contributed by atoms with Crippen molar-refractivity contribution in [3.05, 3.63) is 28.3 Å². The molecule has 0 bridgehead atoms. The zero-order valence-corrected chi connectivity index (χ0v) is 14.3. The maximum Gasteiger partial charge on any atom is 0.258 e. The molecule has 1 N–H and O–H groups in total. The molecule has 1 aromatic carbocycles. The Morgan fingerprint density at radius 3 is 3.00 bits per heavy atom. The molecule has 132 valence electrons. The predicted molar refractivity (Wildman–Crippen MR) is 90.9 cm³/mol. The van der Waals surface area contributed by atoms with E-state index in [-0.39, 0.29) is 18.0 Å². The second-order valence-corrected chi connectivity index (χ2v) is 6.24. The van der Waals surface area contributed by atoms with E-state index in [1.54, 1.807) is 19.3 Å². The monoisotopic (exact) mass is 364 g/mol. The standard InChI is InChI=1S/C17H17ClN2O5/c1-22-6-2-3-7-23-11-5-4-9-8-10-14(21)19-16-17(25-16)20-15(10)24-13(9)12(11)18/h4-5,8,16-17H,2-3,6-7H2,1H3,(H,19,21). The Labute approximate surface area is 149 Å². The van der Waals surface area contributed by atoms with E-state index in [2.05, 4.69) is 10.3 Å². The molecular formula is C17H17ClN2O5. The quantitative estimate of drug-likeness (QED) is 0.617. The normalized spacial score (nSPS) is 23.0. The van der Waals surface area contributed by atoms with E-state index in [0.717, 1.165) is 12.8 Å². The highest BCUT2D eigenvalue weighted by Gasteiger charge is 2.45. The summed E-state index contributed by atoms with van der Waals surface area (Å²) in [4.78, 5) is 16.5. The van der Waals surface area contributed by atoms with E-state index in [1.807, 2.05) is 6.07 Å². The number of aliphatic imine (C=N–C) groups is 1. The Morgan fingerprint density at radius 1 is 1.32 bits per heavy atom. The maximum atomic E-state index is 12.2. The highest BCUT2D eigenvalue weighted by atomic mass is 35.5.